The third-order valence-corrected chi connectivity index (χ3v) is 3.40. The molecule has 0 radical (unpaired) electrons. The molecule has 2 aliphatic rings. The molecule has 1 heterocycles. The lowest BCUT2D eigenvalue weighted by molar-refractivity contribution is 0.290. The van der Waals surface area contributed by atoms with Gasteiger partial charge in [0.25, 0.3) is 0 Å². The molecule has 1 aromatic heterocycles. The zero-order valence-corrected chi connectivity index (χ0v) is 10.2. The molecule has 2 saturated carbocycles. The van der Waals surface area contributed by atoms with E-state index >= 15 is 0 Å². The average molecular weight is 232 g/mol. The van der Waals surface area contributed by atoms with Gasteiger partial charge in [-0.3, -0.25) is 0 Å². The Labute approximate surface area is 103 Å². The molecule has 0 amide bonds. The van der Waals surface area contributed by atoms with Crippen molar-refractivity contribution in [2.24, 2.45) is 5.92 Å². The van der Waals surface area contributed by atoms with E-state index in [1.807, 2.05) is 12.1 Å². The lowest BCUT2D eigenvalue weighted by Gasteiger charge is -2.07. The van der Waals surface area contributed by atoms with Gasteiger partial charge >= 0.3 is 0 Å². The highest BCUT2D eigenvalue weighted by Crippen LogP contribution is 2.32. The molecule has 0 spiro atoms. The van der Waals surface area contributed by atoms with Crippen LogP contribution in [-0.2, 0) is 6.54 Å². The van der Waals surface area contributed by atoms with Gasteiger partial charge in [-0.05, 0) is 31.2 Å². The van der Waals surface area contributed by atoms with Crippen LogP contribution in [0.1, 0.15) is 37.8 Å². The van der Waals surface area contributed by atoms with Gasteiger partial charge in [0.05, 0.1) is 12.3 Å². The van der Waals surface area contributed by atoms with Crippen molar-refractivity contribution in [1.82, 2.24) is 10.3 Å². The van der Waals surface area contributed by atoms with Crippen LogP contribution in [0.2, 0.25) is 0 Å². The Hall–Kier alpha value is -1.09. The molecule has 3 heteroatoms. The molecule has 92 valence electrons. The van der Waals surface area contributed by atoms with Crippen molar-refractivity contribution < 1.29 is 4.74 Å². The van der Waals surface area contributed by atoms with E-state index in [4.69, 9.17) is 4.74 Å². The third-order valence-electron chi connectivity index (χ3n) is 3.40. The Balaban J connectivity index is 1.46. The molecule has 1 N–H and O–H groups in total. The molecule has 3 nitrogen and oxygen atoms in total. The summed E-state index contributed by atoms with van der Waals surface area (Å²) in [6, 6.07) is 6.77. The summed E-state index contributed by atoms with van der Waals surface area (Å²) in [6.07, 6.45) is 6.60. The fraction of sp³-hybridized carbons (Fsp3) is 0.643. The Morgan fingerprint density at radius 1 is 1.24 bits per heavy atom. The van der Waals surface area contributed by atoms with Crippen molar-refractivity contribution in [2.45, 2.75) is 44.7 Å². The number of nitrogens with zero attached hydrogens (tertiary/aromatic N) is 1. The number of ether oxygens (including phenoxy) is 1. The van der Waals surface area contributed by atoms with Crippen LogP contribution in [0.25, 0.3) is 0 Å². The summed E-state index contributed by atoms with van der Waals surface area (Å²) >= 11 is 0. The average Bonchev–Trinajstić information content (AvgIpc) is 3.22. The summed E-state index contributed by atoms with van der Waals surface area (Å²) in [5.74, 6) is 1.70. The lowest BCUT2D eigenvalue weighted by Crippen LogP contribution is -2.16. The summed E-state index contributed by atoms with van der Waals surface area (Å²) < 4.78 is 5.68. The number of rotatable bonds is 7. The van der Waals surface area contributed by atoms with Crippen molar-refractivity contribution in [1.29, 1.82) is 0 Å². The zero-order chi connectivity index (χ0) is 11.5. The van der Waals surface area contributed by atoms with E-state index in [1.54, 1.807) is 0 Å². The van der Waals surface area contributed by atoms with Gasteiger partial charge in [0, 0.05) is 18.7 Å². The smallest absolute Gasteiger partial charge is 0.213 e. The van der Waals surface area contributed by atoms with Crippen molar-refractivity contribution in [3.05, 3.63) is 23.9 Å². The quantitative estimate of drug-likeness (QED) is 0.784. The Morgan fingerprint density at radius 2 is 2.12 bits per heavy atom. The van der Waals surface area contributed by atoms with Gasteiger partial charge in [-0.25, -0.2) is 4.98 Å². The summed E-state index contributed by atoms with van der Waals surface area (Å²) in [7, 11) is 0. The number of hydrogen-bond acceptors (Lipinski definition) is 3. The van der Waals surface area contributed by atoms with E-state index in [9.17, 15) is 0 Å². The Kier molecular flexibility index (Phi) is 3.27. The van der Waals surface area contributed by atoms with E-state index in [0.29, 0.717) is 0 Å². The predicted octanol–water partition coefficient (Wildman–Crippen LogP) is 2.51. The van der Waals surface area contributed by atoms with E-state index < -0.39 is 0 Å². The maximum absolute atomic E-state index is 5.68. The van der Waals surface area contributed by atoms with Crippen molar-refractivity contribution >= 4 is 0 Å². The van der Waals surface area contributed by atoms with Crippen LogP contribution < -0.4 is 10.1 Å². The van der Waals surface area contributed by atoms with E-state index in [1.165, 1.54) is 32.1 Å². The number of nitrogens with one attached hydrogen (secondary N) is 1. The van der Waals surface area contributed by atoms with Gasteiger partial charge in [-0.1, -0.05) is 18.9 Å². The molecular weight excluding hydrogens is 212 g/mol. The first-order valence-corrected chi connectivity index (χ1v) is 6.72. The maximum Gasteiger partial charge on any atom is 0.213 e. The minimum atomic E-state index is 0.733. The van der Waals surface area contributed by atoms with Gasteiger partial charge in [-0.15, -0.1) is 0 Å². The second kappa shape index (κ2) is 5.05. The number of hydrogen-bond donors (Lipinski definition) is 1. The van der Waals surface area contributed by atoms with Crippen LogP contribution >= 0.6 is 0 Å². The highest BCUT2D eigenvalue weighted by molar-refractivity contribution is 5.15. The van der Waals surface area contributed by atoms with Crippen LogP contribution in [0.3, 0.4) is 0 Å². The molecule has 1 aromatic rings. The molecule has 17 heavy (non-hydrogen) atoms. The summed E-state index contributed by atoms with van der Waals surface area (Å²) in [4.78, 5) is 4.51. The standard InChI is InChI=1S/C14H20N2O/c1-2-13(10-15-12-6-7-12)16-14(3-1)17-9-8-11-4-5-11/h1-3,11-12,15H,4-10H2. The van der Waals surface area contributed by atoms with Gasteiger partial charge < -0.3 is 10.1 Å². The molecule has 0 bridgehead atoms. The lowest BCUT2D eigenvalue weighted by atomic mass is 10.3. The predicted molar refractivity (Wildman–Crippen MR) is 66.9 cm³/mol. The van der Waals surface area contributed by atoms with Gasteiger partial charge in [0.15, 0.2) is 0 Å². The first kappa shape index (κ1) is 11.0. The largest absolute Gasteiger partial charge is 0.478 e. The molecule has 0 atom stereocenters. The van der Waals surface area contributed by atoms with Gasteiger partial charge in [-0.2, -0.15) is 0 Å². The number of aromatic nitrogens is 1. The van der Waals surface area contributed by atoms with E-state index in [-0.39, 0.29) is 0 Å². The summed E-state index contributed by atoms with van der Waals surface area (Å²) in [5.41, 5.74) is 1.08. The van der Waals surface area contributed by atoms with Crippen molar-refractivity contribution in [3.63, 3.8) is 0 Å². The van der Waals surface area contributed by atoms with Gasteiger partial charge in [0.2, 0.25) is 5.88 Å². The highest BCUT2D eigenvalue weighted by atomic mass is 16.5. The molecule has 0 aliphatic heterocycles. The maximum atomic E-state index is 5.68. The van der Waals surface area contributed by atoms with Crippen LogP contribution in [0.4, 0.5) is 0 Å². The minimum Gasteiger partial charge on any atom is -0.478 e. The van der Waals surface area contributed by atoms with Gasteiger partial charge in [0.1, 0.15) is 0 Å². The van der Waals surface area contributed by atoms with Crippen LogP contribution in [0.15, 0.2) is 18.2 Å². The molecule has 0 aromatic carbocycles. The second-order valence-electron chi connectivity index (χ2n) is 5.20. The van der Waals surface area contributed by atoms with E-state index in [0.717, 1.165) is 36.7 Å². The number of pyridine rings is 1. The van der Waals surface area contributed by atoms with Crippen molar-refractivity contribution in [3.8, 4) is 5.88 Å². The SMILES string of the molecule is c1cc(CNC2CC2)nc(OCCC2CC2)c1. The topological polar surface area (TPSA) is 34.2 Å². The summed E-state index contributed by atoms with van der Waals surface area (Å²) in [5, 5.41) is 3.47. The first-order chi connectivity index (χ1) is 8.40. The molecular formula is C14H20N2O. The molecule has 2 fully saturated rings. The monoisotopic (exact) mass is 232 g/mol. The van der Waals surface area contributed by atoms with Crippen LogP contribution in [-0.4, -0.2) is 17.6 Å². The van der Waals surface area contributed by atoms with Crippen molar-refractivity contribution in [2.75, 3.05) is 6.61 Å². The normalized spacial score (nSPS) is 19.3. The summed E-state index contributed by atoms with van der Waals surface area (Å²) in [6.45, 7) is 1.68. The fourth-order valence-electron chi connectivity index (χ4n) is 1.91. The molecule has 0 unspecified atom stereocenters. The molecule has 3 rings (SSSR count). The highest BCUT2D eigenvalue weighted by Gasteiger charge is 2.21. The zero-order valence-electron chi connectivity index (χ0n) is 10.2. The van der Waals surface area contributed by atoms with Crippen LogP contribution in [0, 0.1) is 5.92 Å². The van der Waals surface area contributed by atoms with E-state index in [2.05, 4.69) is 16.4 Å². The molecule has 2 aliphatic carbocycles. The third kappa shape index (κ3) is 3.70. The molecule has 0 saturated heterocycles. The fourth-order valence-corrected chi connectivity index (χ4v) is 1.91. The second-order valence-corrected chi connectivity index (χ2v) is 5.20. The Morgan fingerprint density at radius 3 is 2.88 bits per heavy atom. The minimum absolute atomic E-state index is 0.733. The van der Waals surface area contributed by atoms with Crippen LogP contribution in [0.5, 0.6) is 5.88 Å². The first-order valence-electron chi connectivity index (χ1n) is 6.72. The Bertz CT molecular complexity index is 372.